The molecule has 0 bridgehead atoms. The normalized spacial score (nSPS) is 13.3. The molecule has 20 heavy (non-hydrogen) atoms. The summed E-state index contributed by atoms with van der Waals surface area (Å²) in [6.07, 6.45) is 0. The topological polar surface area (TPSA) is 92.7 Å². The molecule has 0 saturated carbocycles. The van der Waals surface area contributed by atoms with Gasteiger partial charge in [0.2, 0.25) is 5.91 Å². The van der Waals surface area contributed by atoms with Crippen molar-refractivity contribution in [1.29, 1.82) is 0 Å². The average Bonchev–Trinajstić information content (AvgIpc) is 2.38. The van der Waals surface area contributed by atoms with Gasteiger partial charge in [-0.05, 0) is 12.1 Å². The second-order valence-corrected chi connectivity index (χ2v) is 5.74. The Balaban J connectivity index is 2.55. The first kappa shape index (κ1) is 16.2. The van der Waals surface area contributed by atoms with E-state index in [-0.39, 0.29) is 11.5 Å². The number of carboxylic acid groups (broad SMARTS) is 1. The molecule has 6 nitrogen and oxygen atoms in total. The fourth-order valence-corrected chi connectivity index (χ4v) is 2.67. The number of hydrogen-bond acceptors (Lipinski definition) is 4. The molecule has 0 saturated heterocycles. The number of methoxy groups -OCH3 is 1. The van der Waals surface area contributed by atoms with Gasteiger partial charge in [-0.25, -0.2) is 0 Å². The van der Waals surface area contributed by atoms with Gasteiger partial charge in [-0.15, -0.1) is 0 Å². The van der Waals surface area contributed by atoms with Crippen LogP contribution < -0.4 is 10.1 Å². The predicted octanol–water partition coefficient (Wildman–Crippen LogP) is 1.10. The number of anilines is 1. The molecule has 0 aliphatic rings. The summed E-state index contributed by atoms with van der Waals surface area (Å²) in [6, 6.07) is 6.86. The quantitative estimate of drug-likeness (QED) is 0.786. The largest absolute Gasteiger partial charge is 0.495 e. The highest BCUT2D eigenvalue weighted by atomic mass is 32.2. The number of carboxylic acids is 1. The maximum absolute atomic E-state index is 11.7. The number of amides is 1. The molecule has 0 aliphatic carbocycles. The van der Waals surface area contributed by atoms with Crippen molar-refractivity contribution in [3.8, 4) is 5.75 Å². The summed E-state index contributed by atoms with van der Waals surface area (Å²) in [5.74, 6) is -1.99. The van der Waals surface area contributed by atoms with Gasteiger partial charge in [0.25, 0.3) is 0 Å². The van der Waals surface area contributed by atoms with Crippen molar-refractivity contribution in [1.82, 2.24) is 0 Å². The Kier molecular flexibility index (Phi) is 6.17. The molecule has 2 N–H and O–H groups in total. The van der Waals surface area contributed by atoms with Crippen molar-refractivity contribution in [3.05, 3.63) is 24.3 Å². The number of rotatable bonds is 7. The van der Waals surface area contributed by atoms with Gasteiger partial charge in [0.05, 0.1) is 18.7 Å². The monoisotopic (exact) mass is 299 g/mol. The maximum atomic E-state index is 11.7. The van der Waals surface area contributed by atoms with Crippen molar-refractivity contribution in [2.24, 2.45) is 5.92 Å². The number of carbonyl (C=O) groups excluding carboxylic acids is 1. The highest BCUT2D eigenvalue weighted by molar-refractivity contribution is 7.85. The number of aliphatic carboxylic acids is 1. The third kappa shape index (κ3) is 5.00. The predicted molar refractivity (Wildman–Crippen MR) is 76.3 cm³/mol. The Hall–Kier alpha value is -1.89. The zero-order valence-electron chi connectivity index (χ0n) is 11.3. The summed E-state index contributed by atoms with van der Waals surface area (Å²) >= 11 is 0. The van der Waals surface area contributed by atoms with E-state index in [0.29, 0.717) is 11.4 Å². The van der Waals surface area contributed by atoms with Crippen molar-refractivity contribution in [2.45, 2.75) is 6.92 Å². The molecule has 110 valence electrons. The van der Waals surface area contributed by atoms with E-state index in [1.54, 1.807) is 24.3 Å². The molecular formula is C13H17NO5S. The van der Waals surface area contributed by atoms with Gasteiger partial charge in [0, 0.05) is 16.6 Å². The Morgan fingerprint density at radius 1 is 1.40 bits per heavy atom. The molecule has 1 rings (SSSR count). The van der Waals surface area contributed by atoms with Crippen LogP contribution in [0.5, 0.6) is 5.75 Å². The Labute approximate surface area is 119 Å². The Bertz CT molecular complexity index is 517. The lowest BCUT2D eigenvalue weighted by Crippen LogP contribution is -2.25. The van der Waals surface area contributed by atoms with Crippen LogP contribution in [0.2, 0.25) is 0 Å². The number of hydrogen-bond donors (Lipinski definition) is 2. The van der Waals surface area contributed by atoms with Gasteiger partial charge in [-0.2, -0.15) is 0 Å². The lowest BCUT2D eigenvalue weighted by atomic mass is 10.2. The molecule has 1 aromatic rings. The minimum absolute atomic E-state index is 0.0469. The molecular weight excluding hydrogens is 282 g/mol. The van der Waals surface area contributed by atoms with Crippen molar-refractivity contribution >= 4 is 28.4 Å². The molecule has 0 aromatic heterocycles. The van der Waals surface area contributed by atoms with Crippen LogP contribution in [0, 0.1) is 5.92 Å². The van der Waals surface area contributed by atoms with Gasteiger partial charge in [0.1, 0.15) is 11.5 Å². The second-order valence-electron chi connectivity index (χ2n) is 4.24. The van der Waals surface area contributed by atoms with Gasteiger partial charge in [0.15, 0.2) is 0 Å². The molecule has 7 heteroatoms. The van der Waals surface area contributed by atoms with Crippen molar-refractivity contribution < 1.29 is 23.6 Å². The third-order valence-electron chi connectivity index (χ3n) is 2.53. The van der Waals surface area contributed by atoms with Crippen LogP contribution in [-0.2, 0) is 20.4 Å². The van der Waals surface area contributed by atoms with E-state index in [1.807, 2.05) is 0 Å². The van der Waals surface area contributed by atoms with Crippen LogP contribution in [0.3, 0.4) is 0 Å². The molecule has 0 heterocycles. The average molecular weight is 299 g/mol. The first-order valence-corrected chi connectivity index (χ1v) is 7.43. The summed E-state index contributed by atoms with van der Waals surface area (Å²) < 4.78 is 16.7. The summed E-state index contributed by atoms with van der Waals surface area (Å²) in [5, 5.41) is 11.3. The van der Waals surface area contributed by atoms with Crippen molar-refractivity contribution in [2.75, 3.05) is 23.9 Å². The lowest BCUT2D eigenvalue weighted by molar-refractivity contribution is -0.140. The number of para-hydroxylation sites is 2. The van der Waals surface area contributed by atoms with E-state index >= 15 is 0 Å². The van der Waals surface area contributed by atoms with Crippen LogP contribution in [0.4, 0.5) is 5.69 Å². The fourth-order valence-electron chi connectivity index (χ4n) is 1.49. The Morgan fingerprint density at radius 3 is 2.65 bits per heavy atom. The summed E-state index contributed by atoms with van der Waals surface area (Å²) in [7, 11) is -0.0329. The first-order valence-electron chi connectivity index (χ1n) is 5.94. The Morgan fingerprint density at radius 2 is 2.05 bits per heavy atom. The molecule has 0 radical (unpaired) electrons. The van der Waals surface area contributed by atoms with Crippen LogP contribution >= 0.6 is 0 Å². The molecule has 2 atom stereocenters. The minimum atomic E-state index is -1.52. The van der Waals surface area contributed by atoms with E-state index in [4.69, 9.17) is 9.84 Å². The van der Waals surface area contributed by atoms with E-state index in [0.717, 1.165) is 0 Å². The van der Waals surface area contributed by atoms with Gasteiger partial charge in [-0.3, -0.25) is 13.8 Å². The number of ether oxygens (including phenoxy) is 1. The van der Waals surface area contributed by atoms with Gasteiger partial charge in [-0.1, -0.05) is 19.1 Å². The third-order valence-corrected chi connectivity index (χ3v) is 3.99. The van der Waals surface area contributed by atoms with Crippen molar-refractivity contribution in [3.63, 3.8) is 0 Å². The second kappa shape index (κ2) is 7.64. The minimum Gasteiger partial charge on any atom is -0.495 e. The highest BCUT2D eigenvalue weighted by Crippen LogP contribution is 2.22. The van der Waals surface area contributed by atoms with Crippen LogP contribution in [0.1, 0.15) is 6.92 Å². The van der Waals surface area contributed by atoms with E-state index in [1.165, 1.54) is 14.0 Å². The van der Waals surface area contributed by atoms with Crippen LogP contribution in [0.15, 0.2) is 24.3 Å². The molecule has 0 fully saturated rings. The fraction of sp³-hybridized carbons (Fsp3) is 0.385. The smallest absolute Gasteiger partial charge is 0.307 e. The maximum Gasteiger partial charge on any atom is 0.307 e. The summed E-state index contributed by atoms with van der Waals surface area (Å²) in [5.41, 5.74) is 0.489. The summed E-state index contributed by atoms with van der Waals surface area (Å²) in [6.45, 7) is 1.46. The number of carbonyl (C=O) groups is 2. The number of benzene rings is 1. The standard InChI is InChI=1S/C13H17NO5S/c1-9(13(16)17)7-20(18)8-12(15)14-10-5-3-4-6-11(10)19-2/h3-6,9H,7-8H2,1-2H3,(H,14,15)(H,16,17). The SMILES string of the molecule is COc1ccccc1NC(=O)CS(=O)CC(C)C(=O)O. The highest BCUT2D eigenvalue weighted by Gasteiger charge is 2.17. The van der Waals surface area contributed by atoms with Crippen LogP contribution in [-0.4, -0.2) is 39.8 Å². The van der Waals surface area contributed by atoms with E-state index in [9.17, 15) is 13.8 Å². The van der Waals surface area contributed by atoms with E-state index < -0.39 is 28.6 Å². The summed E-state index contributed by atoms with van der Waals surface area (Å²) in [4.78, 5) is 22.4. The van der Waals surface area contributed by atoms with Gasteiger partial charge < -0.3 is 15.2 Å². The lowest BCUT2D eigenvalue weighted by Gasteiger charge is -2.10. The molecule has 1 aromatic carbocycles. The number of nitrogens with one attached hydrogen (secondary N) is 1. The molecule has 2 unspecified atom stereocenters. The van der Waals surface area contributed by atoms with Crippen LogP contribution in [0.25, 0.3) is 0 Å². The zero-order valence-corrected chi connectivity index (χ0v) is 12.1. The first-order chi connectivity index (χ1) is 9.43. The zero-order chi connectivity index (χ0) is 15.1. The molecule has 0 aliphatic heterocycles. The molecule has 1 amide bonds. The van der Waals surface area contributed by atoms with Gasteiger partial charge >= 0.3 is 5.97 Å². The molecule has 0 spiro atoms. The van der Waals surface area contributed by atoms with E-state index in [2.05, 4.69) is 5.32 Å².